The van der Waals surface area contributed by atoms with E-state index in [9.17, 15) is 9.59 Å². The van der Waals surface area contributed by atoms with Gasteiger partial charge in [-0.15, -0.1) is 0 Å². The Hall–Kier alpha value is -1.59. The molecule has 0 spiro atoms. The zero-order valence-corrected chi connectivity index (χ0v) is 14.4. The molecule has 0 saturated carbocycles. The molecule has 0 aromatic heterocycles. The van der Waals surface area contributed by atoms with Crippen molar-refractivity contribution >= 4 is 23.4 Å². The van der Waals surface area contributed by atoms with Gasteiger partial charge in [-0.2, -0.15) is 0 Å². The minimum atomic E-state index is -0.0591. The van der Waals surface area contributed by atoms with Crippen LogP contribution in [0.4, 0.5) is 0 Å². The van der Waals surface area contributed by atoms with Gasteiger partial charge in [-0.05, 0) is 42.5 Å². The topological polar surface area (TPSA) is 52.7 Å². The SMILES string of the molecule is O=C(C1Cc2ccc(Cl)cc21)N1CCCC(N2CCNCC2=O)C1. The second kappa shape index (κ2) is 6.37. The van der Waals surface area contributed by atoms with Crippen LogP contribution in [-0.2, 0) is 16.0 Å². The lowest BCUT2D eigenvalue weighted by Crippen LogP contribution is -2.58. The van der Waals surface area contributed by atoms with E-state index in [-0.39, 0.29) is 23.8 Å². The number of carbonyl (C=O) groups is 2. The molecule has 2 unspecified atom stereocenters. The third kappa shape index (κ3) is 2.80. The van der Waals surface area contributed by atoms with Crippen LogP contribution in [-0.4, -0.2) is 60.4 Å². The molecule has 6 heteroatoms. The molecule has 1 N–H and O–H groups in total. The van der Waals surface area contributed by atoms with Gasteiger partial charge in [0.25, 0.3) is 0 Å². The number of benzene rings is 1. The number of hydrogen-bond donors (Lipinski definition) is 1. The molecule has 2 amide bonds. The largest absolute Gasteiger partial charge is 0.340 e. The van der Waals surface area contributed by atoms with Gasteiger partial charge in [0.15, 0.2) is 0 Å². The lowest BCUT2D eigenvalue weighted by atomic mass is 9.76. The molecule has 128 valence electrons. The van der Waals surface area contributed by atoms with Crippen molar-refractivity contribution in [2.24, 2.45) is 0 Å². The first-order valence-electron chi connectivity index (χ1n) is 8.71. The minimum absolute atomic E-state index is 0.0591. The maximum Gasteiger partial charge on any atom is 0.236 e. The number of nitrogens with zero attached hydrogens (tertiary/aromatic N) is 2. The highest BCUT2D eigenvalue weighted by Crippen LogP contribution is 2.38. The summed E-state index contributed by atoms with van der Waals surface area (Å²) < 4.78 is 0. The van der Waals surface area contributed by atoms with Crippen LogP contribution in [0.5, 0.6) is 0 Å². The molecule has 2 fully saturated rings. The number of carbonyl (C=O) groups excluding carboxylic acids is 2. The van der Waals surface area contributed by atoms with E-state index in [0.717, 1.165) is 44.5 Å². The third-order valence-corrected chi connectivity index (χ3v) is 5.72. The van der Waals surface area contributed by atoms with Crippen LogP contribution < -0.4 is 5.32 Å². The van der Waals surface area contributed by atoms with E-state index in [0.29, 0.717) is 18.1 Å². The van der Waals surface area contributed by atoms with Gasteiger partial charge in [0.1, 0.15) is 0 Å². The van der Waals surface area contributed by atoms with E-state index < -0.39 is 0 Å². The predicted octanol–water partition coefficient (Wildman–Crippen LogP) is 1.40. The highest BCUT2D eigenvalue weighted by atomic mass is 35.5. The fourth-order valence-corrected chi connectivity index (χ4v) is 4.31. The number of amides is 2. The quantitative estimate of drug-likeness (QED) is 0.880. The molecule has 4 rings (SSSR count). The summed E-state index contributed by atoms with van der Waals surface area (Å²) in [6.45, 7) is 3.45. The van der Waals surface area contributed by atoms with Crippen LogP contribution in [0.1, 0.15) is 29.9 Å². The zero-order chi connectivity index (χ0) is 16.7. The summed E-state index contributed by atoms with van der Waals surface area (Å²) >= 11 is 6.07. The van der Waals surface area contributed by atoms with Crippen molar-refractivity contribution < 1.29 is 9.59 Å². The maximum absolute atomic E-state index is 12.9. The second-order valence-electron chi connectivity index (χ2n) is 6.94. The molecule has 2 heterocycles. The molecule has 2 atom stereocenters. The van der Waals surface area contributed by atoms with Crippen LogP contribution in [0, 0.1) is 0 Å². The van der Waals surface area contributed by atoms with E-state index in [2.05, 4.69) is 5.32 Å². The average molecular weight is 348 g/mol. The molecule has 0 bridgehead atoms. The van der Waals surface area contributed by atoms with Crippen molar-refractivity contribution in [1.29, 1.82) is 0 Å². The second-order valence-corrected chi connectivity index (χ2v) is 7.38. The molecule has 0 radical (unpaired) electrons. The first-order chi connectivity index (χ1) is 11.6. The molecule has 24 heavy (non-hydrogen) atoms. The molecule has 1 aromatic carbocycles. The van der Waals surface area contributed by atoms with Crippen LogP contribution in [0.2, 0.25) is 5.02 Å². The fourth-order valence-electron chi connectivity index (χ4n) is 4.13. The number of piperazine rings is 1. The summed E-state index contributed by atoms with van der Waals surface area (Å²) in [5.74, 6) is 0.287. The number of likely N-dealkylation sites (tertiary alicyclic amines) is 1. The van der Waals surface area contributed by atoms with Crippen molar-refractivity contribution in [3.63, 3.8) is 0 Å². The number of halogens is 1. The summed E-state index contributed by atoms with van der Waals surface area (Å²) in [7, 11) is 0. The highest BCUT2D eigenvalue weighted by Gasteiger charge is 2.38. The zero-order valence-electron chi connectivity index (χ0n) is 13.6. The van der Waals surface area contributed by atoms with Crippen molar-refractivity contribution in [2.75, 3.05) is 32.7 Å². The predicted molar refractivity (Wildman–Crippen MR) is 92.1 cm³/mol. The Balaban J connectivity index is 1.45. The van der Waals surface area contributed by atoms with Crippen molar-refractivity contribution in [3.8, 4) is 0 Å². The van der Waals surface area contributed by atoms with Gasteiger partial charge in [-0.3, -0.25) is 9.59 Å². The summed E-state index contributed by atoms with van der Waals surface area (Å²) in [6, 6.07) is 5.98. The van der Waals surface area contributed by atoms with E-state index in [1.54, 1.807) is 0 Å². The number of nitrogens with one attached hydrogen (secondary N) is 1. The first kappa shape index (κ1) is 15.9. The summed E-state index contributed by atoms with van der Waals surface area (Å²) in [6.07, 6.45) is 2.75. The van der Waals surface area contributed by atoms with E-state index in [1.165, 1.54) is 5.56 Å². The maximum atomic E-state index is 12.9. The monoisotopic (exact) mass is 347 g/mol. The molecule has 1 aliphatic carbocycles. The molecular weight excluding hydrogens is 326 g/mol. The Morgan fingerprint density at radius 2 is 2.17 bits per heavy atom. The molecule has 5 nitrogen and oxygen atoms in total. The summed E-state index contributed by atoms with van der Waals surface area (Å²) in [5.41, 5.74) is 2.30. The van der Waals surface area contributed by atoms with Gasteiger partial charge < -0.3 is 15.1 Å². The Morgan fingerprint density at radius 3 is 3.00 bits per heavy atom. The standard InChI is InChI=1S/C18H22ClN3O2/c19-13-4-3-12-8-16(15(12)9-13)18(24)21-6-1-2-14(11-21)22-7-5-20-10-17(22)23/h3-4,9,14,16,20H,1-2,5-8,10-11H2. The number of piperidine rings is 1. The lowest BCUT2D eigenvalue weighted by Gasteiger charge is -2.43. The Morgan fingerprint density at radius 1 is 1.29 bits per heavy atom. The van der Waals surface area contributed by atoms with E-state index >= 15 is 0 Å². The number of rotatable bonds is 2. The molecule has 2 aliphatic heterocycles. The highest BCUT2D eigenvalue weighted by molar-refractivity contribution is 6.30. The summed E-state index contributed by atoms with van der Waals surface area (Å²) in [4.78, 5) is 29.0. The van der Waals surface area contributed by atoms with Gasteiger partial charge in [0, 0.05) is 37.2 Å². The minimum Gasteiger partial charge on any atom is -0.340 e. The number of fused-ring (bicyclic) bond motifs is 1. The smallest absolute Gasteiger partial charge is 0.236 e. The van der Waals surface area contributed by atoms with Crippen molar-refractivity contribution in [2.45, 2.75) is 31.2 Å². The summed E-state index contributed by atoms with van der Waals surface area (Å²) in [5, 5.41) is 3.80. The Labute approximate surface area is 146 Å². The van der Waals surface area contributed by atoms with E-state index in [4.69, 9.17) is 11.6 Å². The van der Waals surface area contributed by atoms with Gasteiger partial charge in [-0.25, -0.2) is 0 Å². The van der Waals surface area contributed by atoms with E-state index in [1.807, 2.05) is 28.0 Å². The molecular formula is C18H22ClN3O2. The van der Waals surface area contributed by atoms with Crippen LogP contribution >= 0.6 is 11.6 Å². The number of hydrogen-bond acceptors (Lipinski definition) is 3. The van der Waals surface area contributed by atoms with Crippen molar-refractivity contribution in [1.82, 2.24) is 15.1 Å². The van der Waals surface area contributed by atoms with Crippen molar-refractivity contribution in [3.05, 3.63) is 34.3 Å². The van der Waals surface area contributed by atoms with Gasteiger partial charge in [-0.1, -0.05) is 17.7 Å². The Kier molecular flexibility index (Phi) is 4.22. The van der Waals surface area contributed by atoms with Gasteiger partial charge in [0.05, 0.1) is 12.5 Å². The van der Waals surface area contributed by atoms with Gasteiger partial charge >= 0.3 is 0 Å². The first-order valence-corrected chi connectivity index (χ1v) is 9.08. The lowest BCUT2D eigenvalue weighted by molar-refractivity contribution is -0.141. The average Bonchev–Trinajstić information content (AvgIpc) is 2.58. The van der Waals surface area contributed by atoms with Crippen LogP contribution in [0.15, 0.2) is 18.2 Å². The van der Waals surface area contributed by atoms with Crippen LogP contribution in [0.25, 0.3) is 0 Å². The molecule has 1 aromatic rings. The molecule has 3 aliphatic rings. The van der Waals surface area contributed by atoms with Crippen LogP contribution in [0.3, 0.4) is 0 Å². The normalized spacial score (nSPS) is 26.8. The van der Waals surface area contributed by atoms with Gasteiger partial charge in [0.2, 0.25) is 11.8 Å². The molecule has 2 saturated heterocycles. The third-order valence-electron chi connectivity index (χ3n) is 5.48. The fraction of sp³-hybridized carbons (Fsp3) is 0.556. The Bertz CT molecular complexity index is 678.